The van der Waals surface area contributed by atoms with Crippen molar-refractivity contribution in [1.82, 2.24) is 0 Å². The van der Waals surface area contributed by atoms with E-state index >= 15 is 0 Å². The van der Waals surface area contributed by atoms with Gasteiger partial charge in [-0.3, -0.25) is 0 Å². The van der Waals surface area contributed by atoms with Gasteiger partial charge in [0.05, 0.1) is 45.2 Å². The van der Waals surface area contributed by atoms with Gasteiger partial charge in [0.1, 0.15) is 36.6 Å². The number of aliphatic hydroxyl groups is 1. The molecule has 10 atom stereocenters. The fraction of sp³-hybridized carbons (Fsp3) is 0.362. The van der Waals surface area contributed by atoms with Crippen LogP contribution < -0.4 is 0 Å². The summed E-state index contributed by atoms with van der Waals surface area (Å²) < 4.78 is 53.1. The Morgan fingerprint density at radius 2 is 0.661 bits per heavy atom. The topological polar surface area (TPSA) is 94.1 Å². The van der Waals surface area contributed by atoms with Gasteiger partial charge in [-0.05, 0) is 41.7 Å². The fourth-order valence-electron chi connectivity index (χ4n) is 7.22. The third-order valence-electron chi connectivity index (χ3n) is 10.2. The Morgan fingerprint density at radius 1 is 0.375 bits per heavy atom. The molecule has 2 aliphatic heterocycles. The van der Waals surface area contributed by atoms with Crippen LogP contribution in [0.1, 0.15) is 41.7 Å². The molecule has 0 aliphatic carbocycles. The molecule has 0 spiro atoms. The Balaban J connectivity index is 1.19. The average molecular weight is 761 g/mol. The Morgan fingerprint density at radius 3 is 1.02 bits per heavy atom. The Kier molecular flexibility index (Phi) is 14.4. The molecular weight excluding hydrogens is 709 g/mol. The van der Waals surface area contributed by atoms with Crippen LogP contribution in [0.3, 0.4) is 0 Å². The van der Waals surface area contributed by atoms with E-state index in [2.05, 4.69) is 0 Å². The van der Waals surface area contributed by atoms with Crippen molar-refractivity contribution >= 4 is 0 Å². The summed E-state index contributed by atoms with van der Waals surface area (Å²) in [6.45, 7) is 5.34. The Bertz CT molecular complexity index is 1830. The first-order chi connectivity index (χ1) is 27.5. The van der Waals surface area contributed by atoms with Crippen LogP contribution in [-0.2, 0) is 70.9 Å². The standard InChI is InChI=1S/C47H52O9/c1-33-40(49-28-35-18-8-3-9-19-35)42(51-30-37-22-12-5-13-23-37)44(46(48)54-33)56-47-45(53-32-39-26-16-7-17-27-39)43(52-31-38-24-14-6-15-25-38)41(34(2)55-47)50-29-36-20-10-4-11-21-36/h3-27,33-34,40-48H,28-32H2,1-2H3/t33-,34-,40-,41-,42+,43+,44+,45+,46+,47-/m0/s1. The minimum Gasteiger partial charge on any atom is -0.368 e. The quantitative estimate of drug-likeness (QED) is 0.102. The van der Waals surface area contributed by atoms with Gasteiger partial charge in [0.15, 0.2) is 12.6 Å². The van der Waals surface area contributed by atoms with Crippen molar-refractivity contribution in [3.8, 4) is 0 Å². The SMILES string of the molecule is C[C@@H]1O[C@@H](O)[C@H](O[C@@H]2O[C@@H](C)[C@H](OCc3ccccc3)[C@@H](OCc3ccccc3)[C@H]2OCc2ccccc2)[C@H](OCc2ccccc2)[C@H]1OCc1ccccc1. The molecule has 9 heteroatoms. The zero-order chi connectivity index (χ0) is 38.5. The van der Waals surface area contributed by atoms with Crippen molar-refractivity contribution in [2.75, 3.05) is 0 Å². The Labute approximate surface area is 330 Å². The van der Waals surface area contributed by atoms with Crippen molar-refractivity contribution in [2.45, 2.75) is 108 Å². The van der Waals surface area contributed by atoms with Gasteiger partial charge in [0.2, 0.25) is 0 Å². The summed E-state index contributed by atoms with van der Waals surface area (Å²) in [6, 6.07) is 49.8. The summed E-state index contributed by atoms with van der Waals surface area (Å²) in [5.74, 6) is 0. The van der Waals surface area contributed by atoms with E-state index in [9.17, 15) is 5.11 Å². The summed E-state index contributed by atoms with van der Waals surface area (Å²) in [4.78, 5) is 0. The molecule has 2 saturated heterocycles. The van der Waals surface area contributed by atoms with Gasteiger partial charge in [-0.15, -0.1) is 0 Å². The van der Waals surface area contributed by atoms with Crippen LogP contribution in [0.25, 0.3) is 0 Å². The van der Waals surface area contributed by atoms with Crippen LogP contribution in [0, 0.1) is 0 Å². The normalized spacial score (nSPS) is 27.8. The van der Waals surface area contributed by atoms with Crippen LogP contribution in [-0.4, -0.2) is 66.5 Å². The molecule has 7 rings (SSSR count). The molecule has 2 heterocycles. The fourth-order valence-corrected chi connectivity index (χ4v) is 7.22. The van der Waals surface area contributed by atoms with Crippen molar-refractivity contribution in [2.24, 2.45) is 0 Å². The van der Waals surface area contributed by atoms with Gasteiger partial charge in [0.25, 0.3) is 0 Å². The van der Waals surface area contributed by atoms with E-state index < -0.39 is 61.4 Å². The monoisotopic (exact) mass is 760 g/mol. The number of benzene rings is 5. The van der Waals surface area contributed by atoms with E-state index in [4.69, 9.17) is 37.9 Å². The van der Waals surface area contributed by atoms with Gasteiger partial charge in [-0.1, -0.05) is 152 Å². The molecule has 0 bridgehead atoms. The molecule has 1 N–H and O–H groups in total. The first-order valence-corrected chi connectivity index (χ1v) is 19.4. The first-order valence-electron chi connectivity index (χ1n) is 19.4. The van der Waals surface area contributed by atoms with Crippen LogP contribution >= 0.6 is 0 Å². The van der Waals surface area contributed by atoms with Gasteiger partial charge in [-0.2, -0.15) is 0 Å². The van der Waals surface area contributed by atoms with Gasteiger partial charge in [0, 0.05) is 0 Å². The number of ether oxygens (including phenoxy) is 8. The lowest BCUT2D eigenvalue weighted by Gasteiger charge is -2.49. The Hall–Kier alpha value is -4.26. The highest BCUT2D eigenvalue weighted by molar-refractivity contribution is 5.17. The van der Waals surface area contributed by atoms with Crippen molar-refractivity contribution in [3.63, 3.8) is 0 Å². The third kappa shape index (κ3) is 10.8. The molecule has 2 aliphatic rings. The average Bonchev–Trinajstić information content (AvgIpc) is 3.24. The van der Waals surface area contributed by atoms with E-state index in [1.807, 2.05) is 166 Å². The molecule has 0 saturated carbocycles. The summed E-state index contributed by atoms with van der Waals surface area (Å²) in [5.41, 5.74) is 4.98. The lowest BCUT2D eigenvalue weighted by Crippen LogP contribution is -2.64. The highest BCUT2D eigenvalue weighted by atomic mass is 16.7. The van der Waals surface area contributed by atoms with Crippen LogP contribution in [0.15, 0.2) is 152 Å². The second-order valence-electron chi connectivity index (χ2n) is 14.3. The van der Waals surface area contributed by atoms with Gasteiger partial charge >= 0.3 is 0 Å². The largest absolute Gasteiger partial charge is 0.368 e. The molecule has 5 aromatic rings. The zero-order valence-electron chi connectivity index (χ0n) is 32.0. The van der Waals surface area contributed by atoms with Crippen LogP contribution in [0.5, 0.6) is 0 Å². The molecule has 9 nitrogen and oxygen atoms in total. The number of rotatable bonds is 17. The number of aliphatic hydroxyl groups excluding tert-OH is 1. The predicted octanol–water partition coefficient (Wildman–Crippen LogP) is 7.78. The van der Waals surface area contributed by atoms with Crippen molar-refractivity contribution < 1.29 is 43.0 Å². The second-order valence-corrected chi connectivity index (χ2v) is 14.3. The minimum absolute atomic E-state index is 0.261. The highest BCUT2D eigenvalue weighted by Crippen LogP contribution is 2.35. The molecule has 294 valence electrons. The number of hydrogen-bond donors (Lipinski definition) is 1. The van der Waals surface area contributed by atoms with E-state index in [0.717, 1.165) is 27.8 Å². The van der Waals surface area contributed by atoms with E-state index in [1.165, 1.54) is 0 Å². The maximum atomic E-state index is 11.6. The molecule has 0 radical (unpaired) electrons. The molecule has 0 unspecified atom stereocenters. The number of hydrogen-bond acceptors (Lipinski definition) is 9. The summed E-state index contributed by atoms with van der Waals surface area (Å²) in [6.07, 6.45) is -7.68. The highest BCUT2D eigenvalue weighted by Gasteiger charge is 2.52. The molecule has 0 amide bonds. The van der Waals surface area contributed by atoms with Crippen molar-refractivity contribution in [1.29, 1.82) is 0 Å². The molecule has 0 aromatic heterocycles. The minimum atomic E-state index is -1.35. The second kappa shape index (κ2) is 20.2. The molecule has 5 aromatic carbocycles. The summed E-state index contributed by atoms with van der Waals surface area (Å²) in [7, 11) is 0. The van der Waals surface area contributed by atoms with E-state index in [1.54, 1.807) is 0 Å². The first kappa shape index (κ1) is 40.0. The van der Waals surface area contributed by atoms with E-state index in [0.29, 0.717) is 19.8 Å². The van der Waals surface area contributed by atoms with Gasteiger partial charge < -0.3 is 43.0 Å². The predicted molar refractivity (Wildman–Crippen MR) is 211 cm³/mol. The molecule has 2 fully saturated rings. The lowest BCUT2D eigenvalue weighted by atomic mass is 9.96. The van der Waals surface area contributed by atoms with Crippen LogP contribution in [0.2, 0.25) is 0 Å². The summed E-state index contributed by atoms with van der Waals surface area (Å²) in [5, 5.41) is 11.6. The summed E-state index contributed by atoms with van der Waals surface area (Å²) >= 11 is 0. The molecular formula is C47H52O9. The van der Waals surface area contributed by atoms with Gasteiger partial charge in [-0.25, -0.2) is 0 Å². The van der Waals surface area contributed by atoms with Crippen molar-refractivity contribution in [3.05, 3.63) is 179 Å². The molecule has 56 heavy (non-hydrogen) atoms. The maximum absolute atomic E-state index is 11.6. The zero-order valence-corrected chi connectivity index (χ0v) is 32.0. The third-order valence-corrected chi connectivity index (χ3v) is 10.2. The lowest BCUT2D eigenvalue weighted by molar-refractivity contribution is -0.373. The smallest absolute Gasteiger partial charge is 0.187 e. The van der Waals surface area contributed by atoms with E-state index in [-0.39, 0.29) is 13.2 Å². The van der Waals surface area contributed by atoms with Crippen LogP contribution in [0.4, 0.5) is 0 Å². The maximum Gasteiger partial charge on any atom is 0.187 e.